The van der Waals surface area contributed by atoms with E-state index in [1.54, 1.807) is 18.2 Å². The van der Waals surface area contributed by atoms with Gasteiger partial charge in [-0.2, -0.15) is 9.78 Å². The summed E-state index contributed by atoms with van der Waals surface area (Å²) in [4.78, 5) is 27.5. The van der Waals surface area contributed by atoms with E-state index in [2.05, 4.69) is 26.0 Å². The van der Waals surface area contributed by atoms with Crippen LogP contribution in [0.4, 0.5) is 5.69 Å². The predicted molar refractivity (Wildman–Crippen MR) is 101 cm³/mol. The number of phenolic OH excluding ortho intramolecular Hbond substituents is 1. The molecular formula is C17H13BrN4O4. The van der Waals surface area contributed by atoms with E-state index < -0.39 is 4.92 Å². The molecule has 0 aliphatic heterocycles. The van der Waals surface area contributed by atoms with Crippen LogP contribution in [-0.2, 0) is 6.42 Å². The minimum Gasteiger partial charge on any atom is -0.507 e. The lowest BCUT2D eigenvalue weighted by molar-refractivity contribution is -0.384. The number of non-ortho nitro benzene ring substituents is 1. The summed E-state index contributed by atoms with van der Waals surface area (Å²) in [5.74, 6) is 0.257. The van der Waals surface area contributed by atoms with E-state index in [-0.39, 0.29) is 22.6 Å². The van der Waals surface area contributed by atoms with Crippen LogP contribution < -0.4 is 5.56 Å². The van der Waals surface area contributed by atoms with Gasteiger partial charge in [0, 0.05) is 28.6 Å². The molecule has 1 heterocycles. The van der Waals surface area contributed by atoms with Crippen molar-refractivity contribution in [2.45, 2.75) is 13.3 Å². The highest BCUT2D eigenvalue weighted by Gasteiger charge is 2.11. The number of aromatic nitrogens is 2. The second-order valence-corrected chi connectivity index (χ2v) is 6.32. The molecule has 1 aromatic heterocycles. The third-order valence-corrected chi connectivity index (χ3v) is 4.22. The highest BCUT2D eigenvalue weighted by Crippen LogP contribution is 2.21. The SMILES string of the molecule is CCc1nc2ccc(Br)cc2c(=O)n1N=Cc1cc([N+](=O)[O-])ccc1O. The zero-order valence-electron chi connectivity index (χ0n) is 13.6. The van der Waals surface area contributed by atoms with E-state index in [0.29, 0.717) is 23.1 Å². The quantitative estimate of drug-likeness (QED) is 0.398. The van der Waals surface area contributed by atoms with Gasteiger partial charge in [-0.3, -0.25) is 14.9 Å². The van der Waals surface area contributed by atoms with Crippen LogP contribution in [-0.4, -0.2) is 25.9 Å². The Kier molecular flexibility index (Phi) is 4.81. The molecule has 0 spiro atoms. The smallest absolute Gasteiger partial charge is 0.282 e. The number of hydrogen-bond donors (Lipinski definition) is 1. The number of fused-ring (bicyclic) bond motifs is 1. The molecule has 0 amide bonds. The average molecular weight is 417 g/mol. The van der Waals surface area contributed by atoms with Crippen LogP contribution in [0.3, 0.4) is 0 Å². The standard InChI is InChI=1S/C17H13BrN4O4/c1-2-16-20-14-5-3-11(18)8-13(14)17(24)21(16)19-9-10-7-12(22(25)26)4-6-15(10)23/h3-9,23H,2H2,1H3. The van der Waals surface area contributed by atoms with Crippen molar-refractivity contribution in [2.24, 2.45) is 5.10 Å². The molecule has 0 aliphatic carbocycles. The molecule has 0 saturated carbocycles. The maximum Gasteiger partial charge on any atom is 0.282 e. The summed E-state index contributed by atoms with van der Waals surface area (Å²) in [6.45, 7) is 1.84. The fourth-order valence-electron chi connectivity index (χ4n) is 2.42. The summed E-state index contributed by atoms with van der Waals surface area (Å²) in [6, 6.07) is 8.76. The fraction of sp³-hybridized carbons (Fsp3) is 0.118. The molecule has 0 unspecified atom stereocenters. The van der Waals surface area contributed by atoms with Crippen molar-refractivity contribution in [1.82, 2.24) is 9.66 Å². The Balaban J connectivity index is 2.15. The summed E-state index contributed by atoms with van der Waals surface area (Å²) in [6.07, 6.45) is 1.66. The normalized spacial score (nSPS) is 11.3. The Morgan fingerprint density at radius 3 is 2.81 bits per heavy atom. The van der Waals surface area contributed by atoms with Crippen molar-refractivity contribution < 1.29 is 10.0 Å². The molecule has 26 heavy (non-hydrogen) atoms. The second-order valence-electron chi connectivity index (χ2n) is 5.40. The third kappa shape index (κ3) is 3.33. The van der Waals surface area contributed by atoms with E-state index in [4.69, 9.17) is 0 Å². The lowest BCUT2D eigenvalue weighted by Crippen LogP contribution is -2.22. The number of phenols is 1. The van der Waals surface area contributed by atoms with Crippen molar-refractivity contribution in [3.63, 3.8) is 0 Å². The van der Waals surface area contributed by atoms with Crippen molar-refractivity contribution in [1.29, 1.82) is 0 Å². The largest absolute Gasteiger partial charge is 0.507 e. The number of halogens is 1. The Hall–Kier alpha value is -3.07. The molecule has 8 nitrogen and oxygen atoms in total. The summed E-state index contributed by atoms with van der Waals surface area (Å²) < 4.78 is 1.87. The number of benzene rings is 2. The number of nitrogens with zero attached hydrogens (tertiary/aromatic N) is 4. The average Bonchev–Trinajstić information content (AvgIpc) is 2.62. The lowest BCUT2D eigenvalue weighted by atomic mass is 10.2. The molecule has 0 atom stereocenters. The van der Waals surface area contributed by atoms with Crippen molar-refractivity contribution in [3.8, 4) is 5.75 Å². The van der Waals surface area contributed by atoms with Crippen LogP contribution in [0, 0.1) is 10.1 Å². The Bertz CT molecular complexity index is 1110. The summed E-state index contributed by atoms with van der Waals surface area (Å²) in [5.41, 5.74) is 0.129. The van der Waals surface area contributed by atoms with E-state index in [1.807, 2.05) is 6.92 Å². The summed E-state index contributed by atoms with van der Waals surface area (Å²) in [5, 5.41) is 25.2. The maximum absolute atomic E-state index is 12.8. The number of aryl methyl sites for hydroxylation is 1. The van der Waals surface area contributed by atoms with Crippen LogP contribution >= 0.6 is 15.9 Å². The first kappa shape index (κ1) is 17.7. The van der Waals surface area contributed by atoms with Crippen molar-refractivity contribution >= 4 is 38.7 Å². The zero-order valence-corrected chi connectivity index (χ0v) is 15.2. The first-order valence-corrected chi connectivity index (χ1v) is 8.43. The highest BCUT2D eigenvalue weighted by molar-refractivity contribution is 9.10. The van der Waals surface area contributed by atoms with E-state index in [0.717, 1.165) is 9.15 Å². The first-order valence-electron chi connectivity index (χ1n) is 7.63. The van der Waals surface area contributed by atoms with Gasteiger partial charge in [-0.05, 0) is 24.3 Å². The van der Waals surface area contributed by atoms with Crippen molar-refractivity contribution in [2.75, 3.05) is 0 Å². The number of hydrogen-bond acceptors (Lipinski definition) is 6. The van der Waals surface area contributed by atoms with Gasteiger partial charge in [-0.25, -0.2) is 4.98 Å². The van der Waals surface area contributed by atoms with Gasteiger partial charge in [0.2, 0.25) is 0 Å². The van der Waals surface area contributed by atoms with E-state index >= 15 is 0 Å². The molecule has 2 aromatic carbocycles. The number of rotatable bonds is 4. The van der Waals surface area contributed by atoms with E-state index in [1.165, 1.54) is 24.4 Å². The molecule has 0 fully saturated rings. The minimum atomic E-state index is -0.574. The summed E-state index contributed by atoms with van der Waals surface area (Å²) >= 11 is 3.32. The Morgan fingerprint density at radius 1 is 1.35 bits per heavy atom. The van der Waals surface area contributed by atoms with Crippen LogP contribution in [0.15, 0.2) is 50.8 Å². The van der Waals surface area contributed by atoms with Gasteiger partial charge in [-0.1, -0.05) is 22.9 Å². The Morgan fingerprint density at radius 2 is 2.12 bits per heavy atom. The topological polar surface area (TPSA) is 111 Å². The molecule has 0 saturated heterocycles. The number of nitro groups is 1. The molecule has 9 heteroatoms. The molecule has 3 aromatic rings. The van der Waals surface area contributed by atoms with Crippen LogP contribution in [0.2, 0.25) is 0 Å². The van der Waals surface area contributed by atoms with Gasteiger partial charge in [0.15, 0.2) is 0 Å². The summed E-state index contributed by atoms with van der Waals surface area (Å²) in [7, 11) is 0. The molecule has 0 bridgehead atoms. The molecule has 0 aliphatic rings. The Labute approximate surface area is 155 Å². The van der Waals surface area contributed by atoms with Gasteiger partial charge < -0.3 is 5.11 Å². The molecule has 0 radical (unpaired) electrons. The highest BCUT2D eigenvalue weighted by atomic mass is 79.9. The maximum atomic E-state index is 12.8. The second kappa shape index (κ2) is 7.04. The molecule has 3 rings (SSSR count). The molecule has 132 valence electrons. The first-order chi connectivity index (χ1) is 12.4. The van der Waals surface area contributed by atoms with Crippen LogP contribution in [0.5, 0.6) is 5.75 Å². The molecular weight excluding hydrogens is 404 g/mol. The van der Waals surface area contributed by atoms with Gasteiger partial charge in [-0.15, -0.1) is 0 Å². The van der Waals surface area contributed by atoms with Crippen LogP contribution in [0.1, 0.15) is 18.3 Å². The number of aromatic hydroxyl groups is 1. The molecule has 1 N–H and O–H groups in total. The van der Waals surface area contributed by atoms with Gasteiger partial charge in [0.05, 0.1) is 22.0 Å². The zero-order chi connectivity index (χ0) is 18.8. The predicted octanol–water partition coefficient (Wildman–Crippen LogP) is 3.22. The van der Waals surface area contributed by atoms with Crippen LogP contribution in [0.25, 0.3) is 10.9 Å². The minimum absolute atomic E-state index is 0.127. The fourth-order valence-corrected chi connectivity index (χ4v) is 2.78. The lowest BCUT2D eigenvalue weighted by Gasteiger charge is -2.08. The van der Waals surface area contributed by atoms with E-state index in [9.17, 15) is 20.0 Å². The van der Waals surface area contributed by atoms with Gasteiger partial charge in [0.25, 0.3) is 11.2 Å². The van der Waals surface area contributed by atoms with Crippen molar-refractivity contribution in [3.05, 3.63) is 72.7 Å². The van der Waals surface area contributed by atoms with Gasteiger partial charge >= 0.3 is 0 Å². The monoisotopic (exact) mass is 416 g/mol. The van der Waals surface area contributed by atoms with Gasteiger partial charge in [0.1, 0.15) is 11.6 Å². The third-order valence-electron chi connectivity index (χ3n) is 3.73. The number of nitro benzene ring substituents is 1.